The van der Waals surface area contributed by atoms with Crippen LogP contribution in [0.4, 0.5) is 5.82 Å². The lowest BCUT2D eigenvalue weighted by atomic mass is 10.1. The molecule has 180 valence electrons. The van der Waals surface area contributed by atoms with Crippen LogP contribution in [0.5, 0.6) is 11.5 Å². The zero-order valence-electron chi connectivity index (χ0n) is 20.1. The number of ether oxygens (including phenoxy) is 2. The Balaban J connectivity index is 1.62. The van der Waals surface area contributed by atoms with Gasteiger partial charge in [-0.3, -0.25) is 9.78 Å². The molecule has 0 aliphatic rings. The first-order valence-electron chi connectivity index (χ1n) is 11.9. The topological polar surface area (TPSA) is 85.4 Å². The number of nitrogens with one attached hydrogen (secondary N) is 2. The van der Waals surface area contributed by atoms with E-state index in [9.17, 15) is 4.79 Å². The molecular formula is C27H34N4O3. The van der Waals surface area contributed by atoms with E-state index in [0.29, 0.717) is 18.0 Å². The molecule has 1 aromatic carbocycles. The fourth-order valence-electron chi connectivity index (χ4n) is 3.44. The molecule has 0 saturated heterocycles. The van der Waals surface area contributed by atoms with Crippen LogP contribution in [0.25, 0.3) is 10.9 Å². The second-order valence-electron chi connectivity index (χ2n) is 8.09. The van der Waals surface area contributed by atoms with Gasteiger partial charge in [-0.05, 0) is 62.4 Å². The number of hydrogen-bond donors (Lipinski definition) is 2. The van der Waals surface area contributed by atoms with Gasteiger partial charge in [0.25, 0.3) is 5.91 Å². The molecule has 0 radical (unpaired) electrons. The zero-order chi connectivity index (χ0) is 24.2. The molecule has 1 amide bonds. The van der Waals surface area contributed by atoms with Crippen LogP contribution in [0.1, 0.15) is 48.7 Å². The highest BCUT2D eigenvalue weighted by molar-refractivity contribution is 5.92. The van der Waals surface area contributed by atoms with Crippen molar-refractivity contribution in [2.45, 2.75) is 39.5 Å². The molecule has 3 rings (SSSR count). The summed E-state index contributed by atoms with van der Waals surface area (Å²) < 4.78 is 11.5. The number of aromatic nitrogens is 2. The fourth-order valence-corrected chi connectivity index (χ4v) is 3.44. The van der Waals surface area contributed by atoms with Crippen molar-refractivity contribution in [1.82, 2.24) is 15.3 Å². The van der Waals surface area contributed by atoms with Crippen molar-refractivity contribution in [1.29, 1.82) is 0 Å². The minimum absolute atomic E-state index is 0.273. The molecule has 0 unspecified atom stereocenters. The van der Waals surface area contributed by atoms with Crippen molar-refractivity contribution < 1.29 is 14.3 Å². The molecule has 0 atom stereocenters. The summed E-state index contributed by atoms with van der Waals surface area (Å²) in [5.74, 6) is 1.79. The Labute approximate surface area is 201 Å². The largest absolute Gasteiger partial charge is 0.457 e. The maximum Gasteiger partial charge on any atom is 0.270 e. The van der Waals surface area contributed by atoms with Gasteiger partial charge < -0.3 is 20.1 Å². The van der Waals surface area contributed by atoms with E-state index in [1.165, 1.54) is 0 Å². The maximum atomic E-state index is 12.1. The number of rotatable bonds is 14. The predicted molar refractivity (Wildman–Crippen MR) is 137 cm³/mol. The molecule has 0 saturated carbocycles. The van der Waals surface area contributed by atoms with E-state index in [-0.39, 0.29) is 11.6 Å². The van der Waals surface area contributed by atoms with Gasteiger partial charge in [-0.15, -0.1) is 6.58 Å². The lowest BCUT2D eigenvalue weighted by Crippen LogP contribution is -2.24. The fraction of sp³-hybridized carbons (Fsp3) is 0.370. The summed E-state index contributed by atoms with van der Waals surface area (Å²) in [6.07, 6.45) is 7.52. The normalized spacial score (nSPS) is 10.8. The summed E-state index contributed by atoms with van der Waals surface area (Å²) in [6, 6.07) is 11.3. The number of amides is 1. The van der Waals surface area contributed by atoms with Gasteiger partial charge in [0, 0.05) is 50.0 Å². The highest BCUT2D eigenvalue weighted by Gasteiger charge is 2.09. The van der Waals surface area contributed by atoms with Gasteiger partial charge in [0.05, 0.1) is 5.52 Å². The highest BCUT2D eigenvalue weighted by Crippen LogP contribution is 2.27. The average Bonchev–Trinajstić information content (AvgIpc) is 2.84. The van der Waals surface area contributed by atoms with E-state index in [4.69, 9.17) is 14.5 Å². The summed E-state index contributed by atoms with van der Waals surface area (Å²) in [5, 5.41) is 7.22. The summed E-state index contributed by atoms with van der Waals surface area (Å²) >= 11 is 0. The van der Waals surface area contributed by atoms with Gasteiger partial charge in [-0.25, -0.2) is 4.98 Å². The number of fused-ring (bicyclic) bond motifs is 1. The quantitative estimate of drug-likeness (QED) is 0.238. The summed E-state index contributed by atoms with van der Waals surface area (Å²) in [4.78, 5) is 21.1. The van der Waals surface area contributed by atoms with Crippen LogP contribution in [-0.2, 0) is 4.74 Å². The number of unbranched alkanes of at least 4 members (excludes halogenated alkanes) is 2. The SMILES string of the molecule is C=CCNC(=O)c1cc(Oc2ccc3cc(C)c(NCCCCCOCCC)nc3c2)ccn1. The number of carbonyl (C=O) groups is 1. The molecular weight excluding hydrogens is 428 g/mol. The molecule has 0 spiro atoms. The number of anilines is 1. The van der Waals surface area contributed by atoms with E-state index in [2.05, 4.69) is 42.1 Å². The molecule has 0 fully saturated rings. The molecule has 0 aliphatic carbocycles. The molecule has 2 aromatic heterocycles. The van der Waals surface area contributed by atoms with Crippen LogP contribution >= 0.6 is 0 Å². The number of pyridine rings is 2. The molecule has 0 bridgehead atoms. The number of hydrogen-bond acceptors (Lipinski definition) is 6. The molecule has 2 heterocycles. The summed E-state index contributed by atoms with van der Waals surface area (Å²) in [5.41, 5.74) is 2.24. The third kappa shape index (κ3) is 7.56. The van der Waals surface area contributed by atoms with Crippen LogP contribution in [-0.4, -0.2) is 42.2 Å². The lowest BCUT2D eigenvalue weighted by Gasteiger charge is -2.12. The number of benzene rings is 1. The van der Waals surface area contributed by atoms with Gasteiger partial charge in [0.1, 0.15) is 23.0 Å². The van der Waals surface area contributed by atoms with Crippen LogP contribution in [0.2, 0.25) is 0 Å². The molecule has 7 nitrogen and oxygen atoms in total. The summed E-state index contributed by atoms with van der Waals surface area (Å²) in [7, 11) is 0. The van der Waals surface area contributed by atoms with Gasteiger partial charge in [0.2, 0.25) is 0 Å². The van der Waals surface area contributed by atoms with E-state index in [1.54, 1.807) is 24.4 Å². The Kier molecular flexibility index (Phi) is 9.85. The van der Waals surface area contributed by atoms with Crippen LogP contribution < -0.4 is 15.4 Å². The van der Waals surface area contributed by atoms with E-state index in [0.717, 1.165) is 67.7 Å². The first kappa shape index (κ1) is 25.2. The molecule has 0 aliphatic heterocycles. The number of carbonyl (C=O) groups excluding carboxylic acids is 1. The van der Waals surface area contributed by atoms with Crippen LogP contribution in [0.3, 0.4) is 0 Å². The predicted octanol–water partition coefficient (Wildman–Crippen LogP) is 5.66. The zero-order valence-corrected chi connectivity index (χ0v) is 20.1. The van der Waals surface area contributed by atoms with Crippen molar-refractivity contribution in [3.8, 4) is 11.5 Å². The molecule has 7 heteroatoms. The average molecular weight is 463 g/mol. The van der Waals surface area contributed by atoms with Crippen molar-refractivity contribution in [2.75, 3.05) is 31.6 Å². The first-order valence-corrected chi connectivity index (χ1v) is 11.9. The van der Waals surface area contributed by atoms with E-state index < -0.39 is 0 Å². The first-order chi connectivity index (χ1) is 16.6. The van der Waals surface area contributed by atoms with Crippen LogP contribution in [0, 0.1) is 6.92 Å². The van der Waals surface area contributed by atoms with E-state index >= 15 is 0 Å². The summed E-state index contributed by atoms with van der Waals surface area (Å²) in [6.45, 7) is 10.7. The third-order valence-corrected chi connectivity index (χ3v) is 5.19. The monoisotopic (exact) mass is 462 g/mol. The Morgan fingerprint density at radius 3 is 2.76 bits per heavy atom. The third-order valence-electron chi connectivity index (χ3n) is 5.19. The second-order valence-corrected chi connectivity index (χ2v) is 8.09. The van der Waals surface area contributed by atoms with Gasteiger partial charge in [-0.2, -0.15) is 0 Å². The Hall–Kier alpha value is -3.45. The number of aryl methyl sites for hydroxylation is 1. The second kappa shape index (κ2) is 13.3. The molecule has 2 N–H and O–H groups in total. The molecule has 34 heavy (non-hydrogen) atoms. The van der Waals surface area contributed by atoms with Gasteiger partial charge >= 0.3 is 0 Å². The minimum Gasteiger partial charge on any atom is -0.457 e. The highest BCUT2D eigenvalue weighted by atomic mass is 16.5. The Morgan fingerprint density at radius 1 is 1.09 bits per heavy atom. The smallest absolute Gasteiger partial charge is 0.270 e. The van der Waals surface area contributed by atoms with Gasteiger partial charge in [-0.1, -0.05) is 13.0 Å². The van der Waals surface area contributed by atoms with Gasteiger partial charge in [0.15, 0.2) is 0 Å². The van der Waals surface area contributed by atoms with Crippen molar-refractivity contribution in [2.24, 2.45) is 0 Å². The van der Waals surface area contributed by atoms with Crippen LogP contribution in [0.15, 0.2) is 55.3 Å². The van der Waals surface area contributed by atoms with Crippen molar-refractivity contribution >= 4 is 22.6 Å². The Bertz CT molecular complexity index is 1100. The lowest BCUT2D eigenvalue weighted by molar-refractivity contribution is 0.0952. The Morgan fingerprint density at radius 2 is 1.94 bits per heavy atom. The van der Waals surface area contributed by atoms with Crippen molar-refractivity contribution in [3.63, 3.8) is 0 Å². The van der Waals surface area contributed by atoms with E-state index in [1.807, 2.05) is 18.2 Å². The maximum absolute atomic E-state index is 12.1. The standard InChI is InChI=1S/C27H34N4O3/c1-4-12-30-27(32)25-19-23(11-14-28-25)34-22-10-9-21-17-20(3)26(31-24(21)18-22)29-13-7-6-8-16-33-15-5-2/h4,9-11,14,17-19H,1,5-8,12-13,15-16H2,2-3H3,(H,29,31)(H,30,32). The number of nitrogens with zero attached hydrogens (tertiary/aromatic N) is 2. The minimum atomic E-state index is -0.273. The molecule has 3 aromatic rings. The van der Waals surface area contributed by atoms with Crippen molar-refractivity contribution in [3.05, 3.63) is 66.5 Å².